The zero-order chi connectivity index (χ0) is 32.2. The van der Waals surface area contributed by atoms with E-state index in [9.17, 15) is 9.59 Å². The third-order valence-electron chi connectivity index (χ3n) is 7.40. The summed E-state index contributed by atoms with van der Waals surface area (Å²) < 4.78 is 13.8. The van der Waals surface area contributed by atoms with E-state index in [-0.39, 0.29) is 18.1 Å². The number of nitrogens with zero attached hydrogens (tertiary/aromatic N) is 2. The summed E-state index contributed by atoms with van der Waals surface area (Å²) in [5, 5.41) is 4.07. The number of carbonyl (C=O) groups excluding carboxylic acids is 1. The fourth-order valence-corrected chi connectivity index (χ4v) is 6.64. The van der Waals surface area contributed by atoms with Gasteiger partial charge in [-0.3, -0.25) is 14.2 Å². The van der Waals surface area contributed by atoms with Gasteiger partial charge in [0.1, 0.15) is 18.1 Å². The molecular weight excluding hydrogens is 641 g/mol. The Bertz CT molecular complexity index is 2120. The highest BCUT2D eigenvalue weighted by molar-refractivity contribution is 7.07. The van der Waals surface area contributed by atoms with Crippen LogP contribution in [-0.4, -0.2) is 17.1 Å². The Morgan fingerprint density at radius 2 is 1.72 bits per heavy atom. The van der Waals surface area contributed by atoms with Crippen molar-refractivity contribution in [3.8, 4) is 11.5 Å². The molecule has 46 heavy (non-hydrogen) atoms. The van der Waals surface area contributed by atoms with Crippen LogP contribution in [0.1, 0.15) is 36.6 Å². The Kier molecular flexibility index (Phi) is 9.40. The first-order valence-corrected chi connectivity index (χ1v) is 16.2. The molecule has 1 amide bonds. The molecule has 7 nitrogen and oxygen atoms in total. The van der Waals surface area contributed by atoms with Crippen molar-refractivity contribution in [2.45, 2.75) is 26.5 Å². The van der Waals surface area contributed by atoms with Gasteiger partial charge in [0.25, 0.3) is 11.5 Å². The second kappa shape index (κ2) is 13.8. The molecule has 0 bridgehead atoms. The molecule has 0 saturated carbocycles. The van der Waals surface area contributed by atoms with Crippen molar-refractivity contribution in [3.63, 3.8) is 0 Å². The SMILES string of the molecule is CCOc1ccc([C@H]2C(C(=O)Nc3ccccc3)=C(C)N=c3s/c(=C\c4cc(Cl)ccc4OCc4ccccc4Cl)c(=O)n32)cc1. The summed E-state index contributed by atoms with van der Waals surface area (Å²) in [6.07, 6.45) is 1.75. The van der Waals surface area contributed by atoms with E-state index in [1.807, 2.05) is 79.7 Å². The molecule has 10 heteroatoms. The van der Waals surface area contributed by atoms with Gasteiger partial charge >= 0.3 is 0 Å². The van der Waals surface area contributed by atoms with E-state index in [2.05, 4.69) is 5.32 Å². The molecule has 232 valence electrons. The molecule has 5 aromatic rings. The van der Waals surface area contributed by atoms with Gasteiger partial charge in [-0.2, -0.15) is 0 Å². The number of anilines is 1. The number of para-hydroxylation sites is 1. The van der Waals surface area contributed by atoms with Crippen LogP contribution in [0, 0.1) is 0 Å². The van der Waals surface area contributed by atoms with Crippen molar-refractivity contribution >= 4 is 52.2 Å². The molecule has 0 radical (unpaired) electrons. The molecule has 0 saturated heterocycles. The molecule has 6 rings (SSSR count). The predicted molar refractivity (Wildman–Crippen MR) is 184 cm³/mol. The summed E-state index contributed by atoms with van der Waals surface area (Å²) in [4.78, 5) is 33.3. The summed E-state index contributed by atoms with van der Waals surface area (Å²) >= 11 is 14.0. The summed E-state index contributed by atoms with van der Waals surface area (Å²) in [6, 6.07) is 28.6. The van der Waals surface area contributed by atoms with Crippen LogP contribution in [0.3, 0.4) is 0 Å². The van der Waals surface area contributed by atoms with Crippen LogP contribution < -0.4 is 29.7 Å². The molecule has 1 atom stereocenters. The van der Waals surface area contributed by atoms with E-state index in [0.29, 0.717) is 60.0 Å². The fraction of sp³-hybridized carbons (Fsp3) is 0.139. The number of hydrogen-bond donors (Lipinski definition) is 1. The average molecular weight is 671 g/mol. The Hall–Kier alpha value is -4.63. The lowest BCUT2D eigenvalue weighted by Gasteiger charge is -2.25. The number of ether oxygens (including phenoxy) is 2. The normalized spacial score (nSPS) is 14.4. The smallest absolute Gasteiger partial charge is 0.271 e. The molecule has 2 heterocycles. The number of carbonyl (C=O) groups is 1. The standard InChI is InChI=1S/C36H29Cl2N3O4S/c1-3-44-28-16-13-23(14-17-28)33-32(34(42)40-27-10-5-4-6-11-27)22(2)39-36-41(33)35(43)31(46-36)20-25-19-26(37)15-18-30(25)45-21-24-9-7-8-12-29(24)38/h4-20,33H,3,21H2,1-2H3,(H,40,42)/b31-20-/t33-/m0/s1. The number of amides is 1. The lowest BCUT2D eigenvalue weighted by Crippen LogP contribution is -2.40. The molecule has 1 N–H and O–H groups in total. The molecule has 0 spiro atoms. The number of thiazole rings is 1. The van der Waals surface area contributed by atoms with Crippen LogP contribution in [0.25, 0.3) is 6.08 Å². The molecule has 1 aliphatic heterocycles. The lowest BCUT2D eigenvalue weighted by atomic mass is 9.95. The summed E-state index contributed by atoms with van der Waals surface area (Å²) in [5.41, 5.74) is 3.44. The maximum absolute atomic E-state index is 14.2. The Morgan fingerprint density at radius 3 is 2.46 bits per heavy atom. The first-order valence-electron chi connectivity index (χ1n) is 14.6. The number of nitrogens with one attached hydrogen (secondary N) is 1. The lowest BCUT2D eigenvalue weighted by molar-refractivity contribution is -0.113. The van der Waals surface area contributed by atoms with Crippen molar-refractivity contribution in [1.82, 2.24) is 4.57 Å². The number of halogens is 2. The van der Waals surface area contributed by atoms with Crippen molar-refractivity contribution < 1.29 is 14.3 Å². The highest BCUT2D eigenvalue weighted by atomic mass is 35.5. The van der Waals surface area contributed by atoms with Crippen molar-refractivity contribution in [2.24, 2.45) is 4.99 Å². The topological polar surface area (TPSA) is 81.9 Å². The number of benzene rings is 4. The highest BCUT2D eigenvalue weighted by Crippen LogP contribution is 2.32. The van der Waals surface area contributed by atoms with Gasteiger partial charge in [0.15, 0.2) is 4.80 Å². The number of hydrogen-bond acceptors (Lipinski definition) is 6. The quantitative estimate of drug-likeness (QED) is 0.181. The van der Waals surface area contributed by atoms with Gasteiger partial charge in [0.2, 0.25) is 0 Å². The van der Waals surface area contributed by atoms with Crippen LogP contribution >= 0.6 is 34.5 Å². The van der Waals surface area contributed by atoms with Gasteiger partial charge in [-0.25, -0.2) is 4.99 Å². The maximum atomic E-state index is 14.2. The fourth-order valence-electron chi connectivity index (χ4n) is 5.24. The van der Waals surface area contributed by atoms with Crippen molar-refractivity contribution in [3.05, 3.63) is 155 Å². The number of fused-ring (bicyclic) bond motifs is 1. The van der Waals surface area contributed by atoms with Gasteiger partial charge in [0, 0.05) is 26.9 Å². The van der Waals surface area contributed by atoms with Crippen LogP contribution in [0.2, 0.25) is 10.0 Å². The van der Waals surface area contributed by atoms with E-state index >= 15 is 0 Å². The molecule has 0 fully saturated rings. The predicted octanol–water partition coefficient (Wildman–Crippen LogP) is 7.16. The highest BCUT2D eigenvalue weighted by Gasteiger charge is 2.32. The Labute approximate surface area is 279 Å². The van der Waals surface area contributed by atoms with E-state index in [0.717, 1.165) is 11.1 Å². The van der Waals surface area contributed by atoms with Gasteiger partial charge in [-0.15, -0.1) is 0 Å². The third kappa shape index (κ3) is 6.65. The van der Waals surface area contributed by atoms with Gasteiger partial charge in [-0.05, 0) is 74.0 Å². The Morgan fingerprint density at radius 1 is 0.978 bits per heavy atom. The van der Waals surface area contributed by atoms with E-state index in [1.165, 1.54) is 11.3 Å². The van der Waals surface area contributed by atoms with Crippen molar-refractivity contribution in [2.75, 3.05) is 11.9 Å². The minimum atomic E-state index is -0.729. The molecule has 1 aliphatic rings. The van der Waals surface area contributed by atoms with Crippen LogP contribution in [0.5, 0.6) is 11.5 Å². The minimum absolute atomic E-state index is 0.236. The molecular formula is C36H29Cl2N3O4S. The number of allylic oxidation sites excluding steroid dienone is 1. The number of aromatic nitrogens is 1. The zero-order valence-electron chi connectivity index (χ0n) is 25.0. The summed E-state index contributed by atoms with van der Waals surface area (Å²) in [6.45, 7) is 4.46. The van der Waals surface area contributed by atoms with Crippen LogP contribution in [0.4, 0.5) is 5.69 Å². The third-order valence-corrected chi connectivity index (χ3v) is 8.99. The first kappa shape index (κ1) is 31.4. The Balaban J connectivity index is 1.44. The second-order valence-corrected chi connectivity index (χ2v) is 12.3. The monoisotopic (exact) mass is 669 g/mol. The molecule has 0 unspecified atom stereocenters. The van der Waals surface area contributed by atoms with E-state index < -0.39 is 6.04 Å². The second-order valence-electron chi connectivity index (χ2n) is 10.5. The summed E-state index contributed by atoms with van der Waals surface area (Å²) in [5.74, 6) is 0.892. The first-order chi connectivity index (χ1) is 22.3. The average Bonchev–Trinajstić information content (AvgIpc) is 3.35. The maximum Gasteiger partial charge on any atom is 0.271 e. The van der Waals surface area contributed by atoms with E-state index in [4.69, 9.17) is 37.7 Å². The van der Waals surface area contributed by atoms with Crippen LogP contribution in [0.15, 0.2) is 118 Å². The molecule has 0 aliphatic carbocycles. The largest absolute Gasteiger partial charge is 0.494 e. The van der Waals surface area contributed by atoms with Crippen molar-refractivity contribution in [1.29, 1.82) is 0 Å². The minimum Gasteiger partial charge on any atom is -0.494 e. The van der Waals surface area contributed by atoms with Crippen LogP contribution in [-0.2, 0) is 11.4 Å². The number of rotatable bonds is 9. The van der Waals surface area contributed by atoms with Gasteiger partial charge in [-0.1, -0.05) is 83.1 Å². The van der Waals surface area contributed by atoms with Gasteiger partial charge < -0.3 is 14.8 Å². The molecule has 4 aromatic carbocycles. The van der Waals surface area contributed by atoms with E-state index in [1.54, 1.807) is 41.8 Å². The summed E-state index contributed by atoms with van der Waals surface area (Å²) in [7, 11) is 0. The van der Waals surface area contributed by atoms with Gasteiger partial charge in [0.05, 0.1) is 28.5 Å². The molecule has 1 aromatic heterocycles. The zero-order valence-corrected chi connectivity index (χ0v) is 27.3.